The summed E-state index contributed by atoms with van der Waals surface area (Å²) in [6.07, 6.45) is 2.81. The van der Waals surface area contributed by atoms with Crippen LogP contribution < -0.4 is 4.74 Å². The van der Waals surface area contributed by atoms with Crippen molar-refractivity contribution in [2.24, 2.45) is 0 Å². The smallest absolute Gasteiger partial charge is 0.158 e. The van der Waals surface area contributed by atoms with E-state index < -0.39 is 6.10 Å². The number of aromatic nitrogens is 4. The molecule has 0 fully saturated rings. The molecule has 0 radical (unpaired) electrons. The molecule has 6 heteroatoms. The highest BCUT2D eigenvalue weighted by Gasteiger charge is 2.09. The number of aryl methyl sites for hydroxylation is 2. The van der Waals surface area contributed by atoms with Crippen LogP contribution in [0.25, 0.3) is 33.2 Å². The molecular formula is C26H24N4O2. The Labute approximate surface area is 186 Å². The van der Waals surface area contributed by atoms with Crippen molar-refractivity contribution in [2.75, 3.05) is 7.11 Å². The van der Waals surface area contributed by atoms with Crippen molar-refractivity contribution in [3.63, 3.8) is 0 Å². The Kier molecular flexibility index (Phi) is 5.29. The van der Waals surface area contributed by atoms with Gasteiger partial charge in [0.15, 0.2) is 5.65 Å². The molecule has 2 aromatic carbocycles. The summed E-state index contributed by atoms with van der Waals surface area (Å²) >= 11 is 0. The third-order valence-electron chi connectivity index (χ3n) is 5.68. The summed E-state index contributed by atoms with van der Waals surface area (Å²) < 4.78 is 5.27. The second kappa shape index (κ2) is 8.40. The standard InChI is InChI=1S/C26H24N4O2/c1-16(31)17-3-5-18(6-4-17)19-7-9-23-20(13-19)14-24-26(29-23)30-25(28-24)10-8-21-15-22(32-2)11-12-27-21/h3-7,9,11-16,31H,8,10H2,1-2H3,(H,28,29,30). The van der Waals surface area contributed by atoms with Crippen LogP contribution in [0, 0.1) is 0 Å². The molecule has 160 valence electrons. The first-order valence-corrected chi connectivity index (χ1v) is 10.7. The molecule has 3 aromatic heterocycles. The number of pyridine rings is 2. The van der Waals surface area contributed by atoms with Gasteiger partial charge in [0, 0.05) is 29.8 Å². The number of fused-ring (bicyclic) bond motifs is 2. The lowest BCUT2D eigenvalue weighted by molar-refractivity contribution is 0.199. The summed E-state index contributed by atoms with van der Waals surface area (Å²) in [5.41, 5.74) is 6.65. The van der Waals surface area contributed by atoms with Gasteiger partial charge in [-0.05, 0) is 54.3 Å². The molecule has 5 aromatic rings. The van der Waals surface area contributed by atoms with Crippen LogP contribution in [0.5, 0.6) is 5.75 Å². The van der Waals surface area contributed by atoms with Crippen LogP contribution in [0.2, 0.25) is 0 Å². The maximum atomic E-state index is 9.73. The maximum absolute atomic E-state index is 9.73. The van der Waals surface area contributed by atoms with Crippen LogP contribution in [-0.4, -0.2) is 32.2 Å². The van der Waals surface area contributed by atoms with Gasteiger partial charge in [-0.15, -0.1) is 0 Å². The topological polar surface area (TPSA) is 83.9 Å². The molecule has 0 amide bonds. The van der Waals surface area contributed by atoms with Crippen LogP contribution in [0.1, 0.15) is 30.1 Å². The Morgan fingerprint density at radius 2 is 1.72 bits per heavy atom. The van der Waals surface area contributed by atoms with E-state index in [0.29, 0.717) is 0 Å². The second-order valence-electron chi connectivity index (χ2n) is 7.93. The molecule has 0 aliphatic rings. The van der Waals surface area contributed by atoms with Gasteiger partial charge in [-0.3, -0.25) is 4.98 Å². The third kappa shape index (κ3) is 4.05. The van der Waals surface area contributed by atoms with Gasteiger partial charge in [-0.1, -0.05) is 30.3 Å². The third-order valence-corrected chi connectivity index (χ3v) is 5.68. The van der Waals surface area contributed by atoms with Crippen LogP contribution in [0.15, 0.2) is 66.9 Å². The molecule has 6 nitrogen and oxygen atoms in total. The van der Waals surface area contributed by atoms with Crippen molar-refractivity contribution >= 4 is 22.1 Å². The summed E-state index contributed by atoms with van der Waals surface area (Å²) in [6, 6.07) is 20.1. The molecule has 0 saturated carbocycles. The molecule has 0 aliphatic carbocycles. The van der Waals surface area contributed by atoms with Crippen molar-refractivity contribution in [1.82, 2.24) is 19.9 Å². The van der Waals surface area contributed by atoms with Gasteiger partial charge in [0.05, 0.1) is 18.7 Å². The summed E-state index contributed by atoms with van der Waals surface area (Å²) in [5.74, 6) is 1.70. The number of ether oxygens (including phenoxy) is 1. The van der Waals surface area contributed by atoms with Gasteiger partial charge in [0.25, 0.3) is 0 Å². The predicted octanol–water partition coefficient (Wildman–Crippen LogP) is 5.02. The van der Waals surface area contributed by atoms with E-state index in [1.165, 1.54) is 0 Å². The Bertz CT molecular complexity index is 1390. The maximum Gasteiger partial charge on any atom is 0.158 e. The van der Waals surface area contributed by atoms with Gasteiger partial charge in [-0.2, -0.15) is 0 Å². The van der Waals surface area contributed by atoms with Gasteiger partial charge >= 0.3 is 0 Å². The van der Waals surface area contributed by atoms with Gasteiger partial charge in [0.1, 0.15) is 17.1 Å². The van der Waals surface area contributed by atoms with E-state index in [1.807, 2.05) is 42.5 Å². The number of hydrogen-bond donors (Lipinski definition) is 2. The Balaban J connectivity index is 1.41. The number of aliphatic hydroxyl groups excluding tert-OH is 1. The minimum absolute atomic E-state index is 0.466. The van der Waals surface area contributed by atoms with E-state index in [4.69, 9.17) is 14.7 Å². The minimum atomic E-state index is -0.466. The highest BCUT2D eigenvalue weighted by Crippen LogP contribution is 2.27. The largest absolute Gasteiger partial charge is 0.497 e. The quantitative estimate of drug-likeness (QED) is 0.400. The molecule has 32 heavy (non-hydrogen) atoms. The molecule has 5 rings (SSSR count). The Morgan fingerprint density at radius 3 is 2.50 bits per heavy atom. The number of rotatable bonds is 6. The number of aromatic amines is 1. The van der Waals surface area contributed by atoms with E-state index in [-0.39, 0.29) is 0 Å². The van der Waals surface area contributed by atoms with Crippen molar-refractivity contribution in [3.05, 3.63) is 83.9 Å². The monoisotopic (exact) mass is 424 g/mol. The molecule has 0 bridgehead atoms. The summed E-state index contributed by atoms with van der Waals surface area (Å²) in [5, 5.41) is 10.8. The highest BCUT2D eigenvalue weighted by atomic mass is 16.5. The Morgan fingerprint density at radius 1 is 0.906 bits per heavy atom. The van der Waals surface area contributed by atoms with Crippen LogP contribution >= 0.6 is 0 Å². The van der Waals surface area contributed by atoms with E-state index in [1.54, 1.807) is 20.2 Å². The van der Waals surface area contributed by atoms with Crippen molar-refractivity contribution in [1.29, 1.82) is 0 Å². The highest BCUT2D eigenvalue weighted by molar-refractivity contribution is 5.92. The zero-order valence-electron chi connectivity index (χ0n) is 18.0. The van der Waals surface area contributed by atoms with Crippen LogP contribution in [0.3, 0.4) is 0 Å². The van der Waals surface area contributed by atoms with Crippen molar-refractivity contribution in [2.45, 2.75) is 25.9 Å². The first-order chi connectivity index (χ1) is 15.6. The fourth-order valence-corrected chi connectivity index (χ4v) is 3.87. The summed E-state index contributed by atoms with van der Waals surface area (Å²) in [7, 11) is 1.66. The lowest BCUT2D eigenvalue weighted by Crippen LogP contribution is -1.96. The number of nitrogens with one attached hydrogen (secondary N) is 1. The molecule has 0 aliphatic heterocycles. The Hall–Kier alpha value is -3.77. The van der Waals surface area contributed by atoms with Gasteiger partial charge in [0.2, 0.25) is 0 Å². The molecule has 0 spiro atoms. The van der Waals surface area contributed by atoms with Crippen molar-refractivity contribution < 1.29 is 9.84 Å². The number of imidazole rings is 1. The zero-order valence-corrected chi connectivity index (χ0v) is 18.0. The predicted molar refractivity (Wildman–Crippen MR) is 126 cm³/mol. The summed E-state index contributed by atoms with van der Waals surface area (Å²) in [6.45, 7) is 1.77. The van der Waals surface area contributed by atoms with E-state index >= 15 is 0 Å². The van der Waals surface area contributed by atoms with Gasteiger partial charge < -0.3 is 14.8 Å². The number of hydrogen-bond acceptors (Lipinski definition) is 5. The average Bonchev–Trinajstić information content (AvgIpc) is 3.22. The number of aliphatic hydroxyl groups is 1. The van der Waals surface area contributed by atoms with Crippen molar-refractivity contribution in [3.8, 4) is 16.9 Å². The fourth-order valence-electron chi connectivity index (χ4n) is 3.87. The van der Waals surface area contributed by atoms with E-state index in [2.05, 4.69) is 28.2 Å². The normalized spacial score (nSPS) is 12.3. The van der Waals surface area contributed by atoms with Crippen LogP contribution in [-0.2, 0) is 12.8 Å². The molecule has 2 N–H and O–H groups in total. The van der Waals surface area contributed by atoms with E-state index in [9.17, 15) is 5.11 Å². The SMILES string of the molecule is COc1ccnc(CCc2nc3cc4cc(-c5ccc(C(C)O)cc5)ccc4nc3[nH]2)c1. The lowest BCUT2D eigenvalue weighted by Gasteiger charge is -2.07. The second-order valence-corrected chi connectivity index (χ2v) is 7.93. The minimum Gasteiger partial charge on any atom is -0.497 e. The molecule has 0 saturated heterocycles. The van der Waals surface area contributed by atoms with E-state index in [0.717, 1.165) is 68.9 Å². The number of methoxy groups -OCH3 is 1. The van der Waals surface area contributed by atoms with Gasteiger partial charge in [-0.25, -0.2) is 9.97 Å². The number of benzene rings is 2. The molecule has 3 heterocycles. The lowest BCUT2D eigenvalue weighted by atomic mass is 10.0. The molecular weight excluding hydrogens is 400 g/mol. The number of nitrogens with zero attached hydrogens (tertiary/aromatic N) is 3. The van der Waals surface area contributed by atoms with Crippen LogP contribution in [0.4, 0.5) is 0 Å². The average molecular weight is 425 g/mol. The molecule has 1 atom stereocenters. The molecule has 1 unspecified atom stereocenters. The number of H-pyrrole nitrogens is 1. The first-order valence-electron chi connectivity index (χ1n) is 10.7. The first kappa shape index (κ1) is 20.2. The zero-order chi connectivity index (χ0) is 22.1. The summed E-state index contributed by atoms with van der Waals surface area (Å²) in [4.78, 5) is 17.3. The fraction of sp³-hybridized carbons (Fsp3) is 0.192.